The Hall–Kier alpha value is -3.53. The molecule has 3 rings (SSSR count). The van der Waals surface area contributed by atoms with E-state index in [0.717, 1.165) is 55.8 Å². The van der Waals surface area contributed by atoms with Gasteiger partial charge < -0.3 is 28.4 Å². The molecule has 0 saturated carbocycles. The largest absolute Gasteiger partial charge is 0.490 e. The van der Waals surface area contributed by atoms with Crippen molar-refractivity contribution >= 4 is 45.2 Å². The molecule has 0 aromatic heterocycles. The highest BCUT2D eigenvalue weighted by Gasteiger charge is 2.17. The fraction of sp³-hybridized carbons (Fsp3) is 0.333. The van der Waals surface area contributed by atoms with E-state index >= 15 is 0 Å². The molecular weight excluding hydrogens is 520 g/mol. The van der Waals surface area contributed by atoms with E-state index in [4.69, 9.17) is 28.4 Å². The van der Waals surface area contributed by atoms with Gasteiger partial charge >= 0.3 is 11.9 Å². The number of carbonyl (C=O) groups is 2. The molecule has 0 unspecified atom stereocenters. The summed E-state index contributed by atoms with van der Waals surface area (Å²) < 4.78 is 33.5. The van der Waals surface area contributed by atoms with Crippen LogP contribution >= 0.6 is 11.8 Å². The molecule has 0 bridgehead atoms. The first-order chi connectivity index (χ1) is 19.1. The Balaban J connectivity index is 1.74. The van der Waals surface area contributed by atoms with Gasteiger partial charge in [0, 0.05) is 38.6 Å². The number of rotatable bonds is 18. The molecule has 0 heterocycles. The van der Waals surface area contributed by atoms with Crippen LogP contribution in [0.5, 0.6) is 11.5 Å². The van der Waals surface area contributed by atoms with Gasteiger partial charge in [0.1, 0.15) is 37.9 Å². The third-order valence-corrected chi connectivity index (χ3v) is 6.31. The SMILES string of the molecule is C=CC(=O)OCCOCCOc1c2ccccc2c(OCCOCCOC(=O)C=C)c2cc(SCC)ccc12. The zero-order valence-corrected chi connectivity index (χ0v) is 23.0. The number of hydrogen-bond donors (Lipinski definition) is 0. The Morgan fingerprint density at radius 2 is 1.18 bits per heavy atom. The minimum absolute atomic E-state index is 0.157. The minimum Gasteiger partial charge on any atom is -0.490 e. The highest BCUT2D eigenvalue weighted by atomic mass is 32.2. The van der Waals surface area contributed by atoms with Crippen LogP contribution in [0.15, 0.2) is 72.7 Å². The Bertz CT molecular complexity index is 1270. The van der Waals surface area contributed by atoms with Gasteiger partial charge in [0.25, 0.3) is 0 Å². The summed E-state index contributed by atoms with van der Waals surface area (Å²) in [6, 6.07) is 14.2. The van der Waals surface area contributed by atoms with Crippen LogP contribution in [0.1, 0.15) is 6.92 Å². The van der Waals surface area contributed by atoms with Gasteiger partial charge in [0.05, 0.1) is 26.4 Å². The molecule has 0 aliphatic carbocycles. The zero-order chi connectivity index (χ0) is 27.9. The van der Waals surface area contributed by atoms with Gasteiger partial charge in [-0.25, -0.2) is 9.59 Å². The van der Waals surface area contributed by atoms with Crippen molar-refractivity contribution in [3.8, 4) is 11.5 Å². The monoisotopic (exact) mass is 554 g/mol. The summed E-state index contributed by atoms with van der Waals surface area (Å²) in [6.07, 6.45) is 2.24. The Labute approximate surface area is 232 Å². The van der Waals surface area contributed by atoms with E-state index in [9.17, 15) is 9.59 Å². The van der Waals surface area contributed by atoms with Crippen LogP contribution in [0.4, 0.5) is 0 Å². The van der Waals surface area contributed by atoms with Crippen molar-refractivity contribution in [1.82, 2.24) is 0 Å². The zero-order valence-electron chi connectivity index (χ0n) is 22.1. The van der Waals surface area contributed by atoms with Gasteiger partial charge in [0.2, 0.25) is 0 Å². The molecule has 0 fully saturated rings. The second kappa shape index (κ2) is 16.4. The number of ether oxygens (including phenoxy) is 6. The Morgan fingerprint density at radius 1 is 0.692 bits per heavy atom. The first kappa shape index (κ1) is 30.0. The highest BCUT2D eigenvalue weighted by Crippen LogP contribution is 2.44. The van der Waals surface area contributed by atoms with Gasteiger partial charge in [-0.2, -0.15) is 0 Å². The summed E-state index contributed by atoms with van der Waals surface area (Å²) in [7, 11) is 0. The lowest BCUT2D eigenvalue weighted by Gasteiger charge is -2.18. The average molecular weight is 555 g/mol. The van der Waals surface area contributed by atoms with Crippen molar-refractivity contribution in [2.75, 3.05) is 58.6 Å². The van der Waals surface area contributed by atoms with E-state index in [1.807, 2.05) is 24.3 Å². The molecule has 0 atom stereocenters. The molecular formula is C30H34O8S. The highest BCUT2D eigenvalue weighted by molar-refractivity contribution is 7.99. The summed E-state index contributed by atoms with van der Waals surface area (Å²) in [5.41, 5.74) is 0. The third kappa shape index (κ3) is 9.02. The lowest BCUT2D eigenvalue weighted by molar-refractivity contribution is -0.140. The second-order valence-corrected chi connectivity index (χ2v) is 9.35. The fourth-order valence-electron chi connectivity index (χ4n) is 3.78. The smallest absolute Gasteiger partial charge is 0.330 e. The van der Waals surface area contributed by atoms with Crippen LogP contribution in [0, 0.1) is 0 Å². The molecule has 0 aliphatic rings. The van der Waals surface area contributed by atoms with Crippen LogP contribution in [0.2, 0.25) is 0 Å². The molecule has 0 spiro atoms. The summed E-state index contributed by atoms with van der Waals surface area (Å²) in [4.78, 5) is 23.4. The van der Waals surface area contributed by atoms with E-state index in [-0.39, 0.29) is 26.4 Å². The molecule has 0 radical (unpaired) electrons. The average Bonchev–Trinajstić information content (AvgIpc) is 2.96. The molecule has 208 valence electrons. The number of hydrogen-bond acceptors (Lipinski definition) is 9. The third-order valence-electron chi connectivity index (χ3n) is 5.43. The van der Waals surface area contributed by atoms with Crippen molar-refractivity contribution in [3.63, 3.8) is 0 Å². The number of thioether (sulfide) groups is 1. The van der Waals surface area contributed by atoms with E-state index in [1.54, 1.807) is 11.8 Å². The van der Waals surface area contributed by atoms with Crippen LogP contribution in [0.3, 0.4) is 0 Å². The predicted octanol–water partition coefficient (Wildman–Crippen LogP) is 5.35. The molecule has 39 heavy (non-hydrogen) atoms. The van der Waals surface area contributed by atoms with Crippen molar-refractivity contribution in [3.05, 3.63) is 67.8 Å². The van der Waals surface area contributed by atoms with Gasteiger partial charge in [0.15, 0.2) is 0 Å². The Kier molecular flexibility index (Phi) is 12.7. The van der Waals surface area contributed by atoms with Crippen LogP contribution in [-0.4, -0.2) is 70.5 Å². The molecule has 9 heteroatoms. The summed E-state index contributed by atoms with van der Waals surface area (Å²) in [5, 5.41) is 3.73. The molecule has 0 amide bonds. The number of carbonyl (C=O) groups excluding carboxylic acids is 2. The van der Waals surface area contributed by atoms with Crippen molar-refractivity contribution in [2.24, 2.45) is 0 Å². The van der Waals surface area contributed by atoms with Crippen molar-refractivity contribution in [1.29, 1.82) is 0 Å². The lowest BCUT2D eigenvalue weighted by atomic mass is 10.0. The van der Waals surface area contributed by atoms with Crippen molar-refractivity contribution in [2.45, 2.75) is 11.8 Å². The Morgan fingerprint density at radius 3 is 1.69 bits per heavy atom. The summed E-state index contributed by atoms with van der Waals surface area (Å²) in [5.74, 6) is 1.51. The van der Waals surface area contributed by atoms with Crippen LogP contribution < -0.4 is 9.47 Å². The van der Waals surface area contributed by atoms with Gasteiger partial charge in [-0.3, -0.25) is 0 Å². The topological polar surface area (TPSA) is 89.5 Å². The second-order valence-electron chi connectivity index (χ2n) is 8.01. The van der Waals surface area contributed by atoms with Gasteiger partial charge in [-0.1, -0.05) is 44.3 Å². The molecule has 8 nitrogen and oxygen atoms in total. The maximum absolute atomic E-state index is 11.1. The molecule has 0 N–H and O–H groups in total. The van der Waals surface area contributed by atoms with Gasteiger partial charge in [-0.15, -0.1) is 11.8 Å². The minimum atomic E-state index is -0.476. The normalized spacial score (nSPS) is 10.8. The van der Waals surface area contributed by atoms with E-state index in [1.165, 1.54) is 0 Å². The van der Waals surface area contributed by atoms with Crippen LogP contribution in [0.25, 0.3) is 21.5 Å². The molecule has 3 aromatic rings. The molecule has 3 aromatic carbocycles. The van der Waals surface area contributed by atoms with E-state index in [0.29, 0.717) is 26.4 Å². The number of benzene rings is 3. The lowest BCUT2D eigenvalue weighted by Crippen LogP contribution is -2.13. The van der Waals surface area contributed by atoms with Gasteiger partial charge in [-0.05, 0) is 24.0 Å². The molecule has 0 aliphatic heterocycles. The molecule has 0 saturated heterocycles. The fourth-order valence-corrected chi connectivity index (χ4v) is 4.47. The van der Waals surface area contributed by atoms with E-state index < -0.39 is 11.9 Å². The maximum atomic E-state index is 11.1. The van der Waals surface area contributed by atoms with Crippen LogP contribution in [-0.2, 0) is 28.5 Å². The predicted molar refractivity (Wildman–Crippen MR) is 153 cm³/mol. The standard InChI is InChI=1S/C30H34O8S/c1-4-27(31)35-17-13-33-15-19-37-29-23-9-7-8-10-24(23)30(26-21-22(39-6-3)11-12-25(26)29)38-20-16-34-14-18-36-28(32)5-2/h4-5,7-12,21H,1-2,6,13-20H2,3H3. The first-order valence-electron chi connectivity index (χ1n) is 12.7. The van der Waals surface area contributed by atoms with E-state index in [2.05, 4.69) is 38.3 Å². The number of fused-ring (bicyclic) bond motifs is 2. The first-order valence-corrected chi connectivity index (χ1v) is 13.7. The summed E-state index contributed by atoms with van der Waals surface area (Å²) >= 11 is 1.75. The number of esters is 2. The van der Waals surface area contributed by atoms with Crippen molar-refractivity contribution < 1.29 is 38.0 Å². The maximum Gasteiger partial charge on any atom is 0.330 e. The summed E-state index contributed by atoms with van der Waals surface area (Å²) in [6.45, 7) is 11.0. The quantitative estimate of drug-likeness (QED) is 0.0678.